The summed E-state index contributed by atoms with van der Waals surface area (Å²) in [5, 5.41) is 0. The van der Waals surface area contributed by atoms with Gasteiger partial charge in [-0.2, -0.15) is 0 Å². The SMILES string of the molecule is C[C@@H]1C[C@H](N(C)C(=O)[C@H](N)c2ccccc2)CCN1C. The van der Waals surface area contributed by atoms with E-state index in [9.17, 15) is 4.79 Å². The van der Waals surface area contributed by atoms with Crippen LogP contribution in [0.1, 0.15) is 31.4 Å². The van der Waals surface area contributed by atoms with Crippen LogP contribution in [-0.2, 0) is 4.79 Å². The molecule has 2 rings (SSSR count). The van der Waals surface area contributed by atoms with Crippen molar-refractivity contribution in [2.24, 2.45) is 5.73 Å². The molecule has 0 aromatic heterocycles. The molecule has 4 nitrogen and oxygen atoms in total. The molecule has 1 amide bonds. The third-order valence-electron chi connectivity index (χ3n) is 4.50. The highest BCUT2D eigenvalue weighted by molar-refractivity contribution is 5.83. The van der Waals surface area contributed by atoms with Gasteiger partial charge in [-0.3, -0.25) is 4.79 Å². The average molecular weight is 275 g/mol. The number of rotatable bonds is 3. The van der Waals surface area contributed by atoms with Crippen molar-refractivity contribution in [2.45, 2.75) is 37.9 Å². The highest BCUT2D eigenvalue weighted by atomic mass is 16.2. The fourth-order valence-corrected chi connectivity index (χ4v) is 2.82. The topological polar surface area (TPSA) is 49.6 Å². The first-order chi connectivity index (χ1) is 9.50. The van der Waals surface area contributed by atoms with E-state index in [0.717, 1.165) is 24.9 Å². The van der Waals surface area contributed by atoms with Gasteiger partial charge in [0.15, 0.2) is 0 Å². The molecule has 0 unspecified atom stereocenters. The van der Waals surface area contributed by atoms with E-state index in [0.29, 0.717) is 12.1 Å². The summed E-state index contributed by atoms with van der Waals surface area (Å²) in [4.78, 5) is 16.7. The van der Waals surface area contributed by atoms with Crippen LogP contribution in [0.3, 0.4) is 0 Å². The number of carbonyl (C=O) groups is 1. The second kappa shape index (κ2) is 6.37. The molecule has 0 spiro atoms. The third kappa shape index (κ3) is 3.19. The molecule has 0 radical (unpaired) electrons. The summed E-state index contributed by atoms with van der Waals surface area (Å²) in [6.45, 7) is 3.24. The van der Waals surface area contributed by atoms with E-state index in [1.807, 2.05) is 42.3 Å². The summed E-state index contributed by atoms with van der Waals surface area (Å²) in [6, 6.07) is 9.83. The Hall–Kier alpha value is -1.39. The van der Waals surface area contributed by atoms with Gasteiger partial charge in [0.2, 0.25) is 5.91 Å². The molecule has 1 aromatic carbocycles. The molecule has 20 heavy (non-hydrogen) atoms. The van der Waals surface area contributed by atoms with Crippen LogP contribution in [0, 0.1) is 0 Å². The van der Waals surface area contributed by atoms with Crippen molar-refractivity contribution in [2.75, 3.05) is 20.6 Å². The molecule has 110 valence electrons. The van der Waals surface area contributed by atoms with Gasteiger partial charge < -0.3 is 15.5 Å². The summed E-state index contributed by atoms with van der Waals surface area (Å²) in [6.07, 6.45) is 2.03. The second-order valence-electron chi connectivity index (χ2n) is 5.85. The number of likely N-dealkylation sites (N-methyl/N-ethyl adjacent to an activating group) is 1. The predicted molar refractivity (Wildman–Crippen MR) is 81.3 cm³/mol. The zero-order valence-electron chi connectivity index (χ0n) is 12.6. The molecule has 2 N–H and O–H groups in total. The summed E-state index contributed by atoms with van der Waals surface area (Å²) in [5.74, 6) is 0.0120. The van der Waals surface area contributed by atoms with E-state index in [-0.39, 0.29) is 5.91 Å². The molecule has 0 aliphatic carbocycles. The Kier molecular flexibility index (Phi) is 4.78. The Morgan fingerprint density at radius 2 is 2.05 bits per heavy atom. The zero-order valence-corrected chi connectivity index (χ0v) is 12.6. The molecule has 1 aliphatic heterocycles. The van der Waals surface area contributed by atoms with Crippen molar-refractivity contribution in [1.29, 1.82) is 0 Å². The van der Waals surface area contributed by atoms with Gasteiger partial charge in [-0.05, 0) is 32.4 Å². The van der Waals surface area contributed by atoms with Crippen molar-refractivity contribution in [3.05, 3.63) is 35.9 Å². The maximum Gasteiger partial charge on any atom is 0.244 e. The summed E-state index contributed by atoms with van der Waals surface area (Å²) in [7, 11) is 4.02. The first kappa shape index (κ1) is 15.0. The fourth-order valence-electron chi connectivity index (χ4n) is 2.82. The van der Waals surface area contributed by atoms with E-state index in [4.69, 9.17) is 5.73 Å². The molecular formula is C16H25N3O. The Balaban J connectivity index is 2.02. The molecular weight excluding hydrogens is 250 g/mol. The van der Waals surface area contributed by atoms with Crippen LogP contribution in [0.5, 0.6) is 0 Å². The molecule has 1 saturated heterocycles. The van der Waals surface area contributed by atoms with E-state index >= 15 is 0 Å². The average Bonchev–Trinajstić information content (AvgIpc) is 2.48. The highest BCUT2D eigenvalue weighted by Crippen LogP contribution is 2.22. The summed E-state index contributed by atoms with van der Waals surface area (Å²) < 4.78 is 0. The van der Waals surface area contributed by atoms with Crippen LogP contribution in [-0.4, -0.2) is 48.4 Å². The van der Waals surface area contributed by atoms with E-state index in [1.54, 1.807) is 0 Å². The van der Waals surface area contributed by atoms with Crippen molar-refractivity contribution < 1.29 is 4.79 Å². The molecule has 1 aliphatic rings. The van der Waals surface area contributed by atoms with Crippen LogP contribution in [0.25, 0.3) is 0 Å². The van der Waals surface area contributed by atoms with Gasteiger partial charge in [0.25, 0.3) is 0 Å². The van der Waals surface area contributed by atoms with Gasteiger partial charge in [0.1, 0.15) is 6.04 Å². The normalized spacial score (nSPS) is 25.2. The molecule has 3 atom stereocenters. The lowest BCUT2D eigenvalue weighted by molar-refractivity contribution is -0.134. The number of hydrogen-bond donors (Lipinski definition) is 1. The molecule has 1 fully saturated rings. The number of nitrogens with two attached hydrogens (primary N) is 1. The van der Waals surface area contributed by atoms with Crippen LogP contribution in [0.4, 0.5) is 0 Å². The Morgan fingerprint density at radius 3 is 2.65 bits per heavy atom. The van der Waals surface area contributed by atoms with Gasteiger partial charge in [0, 0.05) is 25.7 Å². The highest BCUT2D eigenvalue weighted by Gasteiger charge is 2.30. The maximum absolute atomic E-state index is 12.5. The number of amides is 1. The zero-order chi connectivity index (χ0) is 14.7. The lowest BCUT2D eigenvalue weighted by Crippen LogP contribution is -2.50. The van der Waals surface area contributed by atoms with Gasteiger partial charge in [-0.15, -0.1) is 0 Å². The molecule has 1 heterocycles. The van der Waals surface area contributed by atoms with Gasteiger partial charge in [-0.1, -0.05) is 30.3 Å². The summed E-state index contributed by atoms with van der Waals surface area (Å²) >= 11 is 0. The number of piperidine rings is 1. The van der Waals surface area contributed by atoms with Gasteiger partial charge in [-0.25, -0.2) is 0 Å². The van der Waals surface area contributed by atoms with E-state index in [1.165, 1.54) is 0 Å². The van der Waals surface area contributed by atoms with Crippen molar-refractivity contribution in [3.63, 3.8) is 0 Å². The van der Waals surface area contributed by atoms with Gasteiger partial charge >= 0.3 is 0 Å². The smallest absolute Gasteiger partial charge is 0.244 e. The van der Waals surface area contributed by atoms with Crippen molar-refractivity contribution >= 4 is 5.91 Å². The number of benzene rings is 1. The van der Waals surface area contributed by atoms with Crippen LogP contribution >= 0.6 is 0 Å². The first-order valence-electron chi connectivity index (χ1n) is 7.28. The number of carbonyl (C=O) groups excluding carboxylic acids is 1. The van der Waals surface area contributed by atoms with Gasteiger partial charge in [0.05, 0.1) is 0 Å². The number of hydrogen-bond acceptors (Lipinski definition) is 3. The lowest BCUT2D eigenvalue weighted by Gasteiger charge is -2.40. The number of likely N-dealkylation sites (tertiary alicyclic amines) is 1. The lowest BCUT2D eigenvalue weighted by atomic mass is 9.96. The monoisotopic (exact) mass is 275 g/mol. The molecule has 4 heteroatoms. The quantitative estimate of drug-likeness (QED) is 0.912. The Labute approximate surface area is 121 Å². The first-order valence-corrected chi connectivity index (χ1v) is 7.28. The maximum atomic E-state index is 12.5. The minimum Gasteiger partial charge on any atom is -0.341 e. The van der Waals surface area contributed by atoms with Crippen molar-refractivity contribution in [1.82, 2.24) is 9.80 Å². The van der Waals surface area contributed by atoms with Crippen LogP contribution < -0.4 is 5.73 Å². The summed E-state index contributed by atoms with van der Waals surface area (Å²) in [5.41, 5.74) is 6.99. The molecule has 0 saturated carbocycles. The predicted octanol–water partition coefficient (Wildman–Crippen LogP) is 1.63. The Bertz CT molecular complexity index is 448. The third-order valence-corrected chi connectivity index (χ3v) is 4.50. The second-order valence-corrected chi connectivity index (χ2v) is 5.85. The van der Waals surface area contributed by atoms with E-state index in [2.05, 4.69) is 18.9 Å². The molecule has 0 bridgehead atoms. The minimum atomic E-state index is -0.559. The fraction of sp³-hybridized carbons (Fsp3) is 0.562. The number of nitrogens with zero attached hydrogens (tertiary/aromatic N) is 2. The molecule has 1 aromatic rings. The minimum absolute atomic E-state index is 0.0120. The Morgan fingerprint density at radius 1 is 1.40 bits per heavy atom. The van der Waals surface area contributed by atoms with Crippen LogP contribution in [0.2, 0.25) is 0 Å². The van der Waals surface area contributed by atoms with E-state index < -0.39 is 6.04 Å². The van der Waals surface area contributed by atoms with Crippen LogP contribution in [0.15, 0.2) is 30.3 Å². The largest absolute Gasteiger partial charge is 0.341 e. The standard InChI is InChI=1S/C16H25N3O/c1-12-11-14(9-10-18(12)2)19(3)16(20)15(17)13-7-5-4-6-8-13/h4-8,12,14-15H,9-11,17H2,1-3H3/t12-,14-,15-/m1/s1. The van der Waals surface area contributed by atoms with Crippen molar-refractivity contribution in [3.8, 4) is 0 Å².